The second-order valence-corrected chi connectivity index (χ2v) is 7.94. The topological polar surface area (TPSA) is 53.0 Å². The Morgan fingerprint density at radius 1 is 0.806 bits per heavy atom. The molecule has 0 spiro atoms. The van der Waals surface area contributed by atoms with Crippen molar-refractivity contribution in [3.63, 3.8) is 0 Å². The van der Waals surface area contributed by atoms with E-state index in [4.69, 9.17) is 9.84 Å². The number of nitrogens with zero attached hydrogens (tertiary/aromatic N) is 2. The standard InChI is InChI=1S/C26H24N2O3/c29-26(30)28-14-12-27(13-15-28)18-19-6-5-8-21(16-19)31-25-17-20-7-1-2-9-22(20)23-10-3-4-11-24(23)25/h1-11,16-17H,12-15,18H2,(H,29,30). The summed E-state index contributed by atoms with van der Waals surface area (Å²) in [5.41, 5.74) is 1.16. The number of benzene rings is 4. The highest BCUT2D eigenvalue weighted by Gasteiger charge is 2.20. The Hall–Kier alpha value is -3.57. The van der Waals surface area contributed by atoms with Crippen LogP contribution in [0.2, 0.25) is 0 Å². The van der Waals surface area contributed by atoms with Gasteiger partial charge in [0.1, 0.15) is 11.5 Å². The van der Waals surface area contributed by atoms with Gasteiger partial charge >= 0.3 is 6.09 Å². The van der Waals surface area contributed by atoms with Gasteiger partial charge in [-0.25, -0.2) is 4.79 Å². The van der Waals surface area contributed by atoms with E-state index in [1.54, 1.807) is 0 Å². The summed E-state index contributed by atoms with van der Waals surface area (Å²) >= 11 is 0. The molecule has 1 N–H and O–H groups in total. The van der Waals surface area contributed by atoms with Crippen LogP contribution in [-0.4, -0.2) is 47.2 Å². The number of carboxylic acid groups (broad SMARTS) is 1. The van der Waals surface area contributed by atoms with Crippen molar-refractivity contribution in [1.29, 1.82) is 0 Å². The van der Waals surface area contributed by atoms with Crippen LogP contribution in [0.15, 0.2) is 78.9 Å². The van der Waals surface area contributed by atoms with Crippen molar-refractivity contribution >= 4 is 27.6 Å². The van der Waals surface area contributed by atoms with E-state index in [0.29, 0.717) is 13.1 Å². The van der Waals surface area contributed by atoms with Crippen LogP contribution in [0.5, 0.6) is 11.5 Å². The number of amides is 1. The summed E-state index contributed by atoms with van der Waals surface area (Å²) in [7, 11) is 0. The predicted molar refractivity (Wildman–Crippen MR) is 123 cm³/mol. The molecule has 0 radical (unpaired) electrons. The summed E-state index contributed by atoms with van der Waals surface area (Å²) in [5.74, 6) is 1.66. The van der Waals surface area contributed by atoms with Crippen molar-refractivity contribution in [2.45, 2.75) is 6.54 Å². The van der Waals surface area contributed by atoms with Crippen LogP contribution in [-0.2, 0) is 6.54 Å². The zero-order valence-electron chi connectivity index (χ0n) is 17.2. The van der Waals surface area contributed by atoms with Gasteiger partial charge in [0.2, 0.25) is 0 Å². The molecule has 4 aromatic rings. The molecule has 0 bridgehead atoms. The molecule has 0 atom stereocenters. The highest BCUT2D eigenvalue weighted by Crippen LogP contribution is 2.36. The summed E-state index contributed by atoms with van der Waals surface area (Å²) in [6.45, 7) is 3.37. The van der Waals surface area contributed by atoms with Gasteiger partial charge in [-0.15, -0.1) is 0 Å². The van der Waals surface area contributed by atoms with Crippen molar-refractivity contribution in [3.05, 3.63) is 84.4 Å². The van der Waals surface area contributed by atoms with E-state index in [-0.39, 0.29) is 0 Å². The fourth-order valence-electron chi connectivity index (χ4n) is 4.29. The first-order valence-corrected chi connectivity index (χ1v) is 10.5. The van der Waals surface area contributed by atoms with Gasteiger partial charge in [-0.2, -0.15) is 0 Å². The molecular weight excluding hydrogens is 388 g/mol. The molecule has 0 aromatic heterocycles. The Labute approximate surface area is 181 Å². The first kappa shape index (κ1) is 19.4. The molecule has 1 aliphatic rings. The van der Waals surface area contributed by atoms with E-state index in [1.807, 2.05) is 24.3 Å². The Morgan fingerprint density at radius 3 is 2.29 bits per heavy atom. The first-order chi connectivity index (χ1) is 15.2. The monoisotopic (exact) mass is 412 g/mol. The maximum Gasteiger partial charge on any atom is 0.407 e. The van der Waals surface area contributed by atoms with E-state index >= 15 is 0 Å². The second-order valence-electron chi connectivity index (χ2n) is 7.94. The number of hydrogen-bond donors (Lipinski definition) is 1. The van der Waals surface area contributed by atoms with Gasteiger partial charge in [-0.05, 0) is 39.9 Å². The Kier molecular flexibility index (Phi) is 5.18. The van der Waals surface area contributed by atoms with Crippen LogP contribution >= 0.6 is 0 Å². The van der Waals surface area contributed by atoms with E-state index in [2.05, 4.69) is 59.5 Å². The number of carbonyl (C=O) groups is 1. The molecule has 31 heavy (non-hydrogen) atoms. The molecule has 0 saturated carbocycles. The van der Waals surface area contributed by atoms with Crippen LogP contribution in [0.25, 0.3) is 21.5 Å². The van der Waals surface area contributed by atoms with Gasteiger partial charge in [0.05, 0.1) is 0 Å². The average Bonchev–Trinajstić information content (AvgIpc) is 2.80. The molecule has 5 rings (SSSR count). The van der Waals surface area contributed by atoms with Crippen molar-refractivity contribution < 1.29 is 14.6 Å². The summed E-state index contributed by atoms with van der Waals surface area (Å²) in [4.78, 5) is 14.9. The SMILES string of the molecule is O=C(O)N1CCN(Cc2cccc(Oc3cc4ccccc4c4ccccc34)c2)CC1. The van der Waals surface area contributed by atoms with E-state index in [1.165, 1.54) is 15.7 Å². The van der Waals surface area contributed by atoms with E-state index < -0.39 is 6.09 Å². The van der Waals surface area contributed by atoms with Crippen molar-refractivity contribution in [1.82, 2.24) is 9.80 Å². The largest absolute Gasteiger partial charge is 0.465 e. The predicted octanol–water partition coefficient (Wildman–Crippen LogP) is 5.58. The zero-order valence-corrected chi connectivity index (χ0v) is 17.2. The third kappa shape index (κ3) is 4.05. The van der Waals surface area contributed by atoms with Crippen LogP contribution in [0.4, 0.5) is 4.79 Å². The molecular formula is C26H24N2O3. The highest BCUT2D eigenvalue weighted by molar-refractivity contribution is 6.10. The number of hydrogen-bond acceptors (Lipinski definition) is 3. The minimum atomic E-state index is -0.836. The van der Waals surface area contributed by atoms with E-state index in [0.717, 1.165) is 47.5 Å². The normalized spacial score (nSPS) is 14.8. The maximum atomic E-state index is 11.1. The lowest BCUT2D eigenvalue weighted by Crippen LogP contribution is -2.47. The smallest absolute Gasteiger partial charge is 0.407 e. The quantitative estimate of drug-likeness (QED) is 0.445. The molecule has 0 unspecified atom stereocenters. The van der Waals surface area contributed by atoms with Gasteiger partial charge < -0.3 is 14.7 Å². The van der Waals surface area contributed by atoms with Gasteiger partial charge in [-0.1, -0.05) is 60.7 Å². The first-order valence-electron chi connectivity index (χ1n) is 10.5. The summed E-state index contributed by atoms with van der Waals surface area (Å²) in [5, 5.41) is 13.8. The number of rotatable bonds is 4. The second kappa shape index (κ2) is 8.28. The van der Waals surface area contributed by atoms with Gasteiger partial charge in [0.25, 0.3) is 0 Å². The molecule has 4 aromatic carbocycles. The molecule has 156 valence electrons. The minimum absolute atomic E-state index is 0.550. The lowest BCUT2D eigenvalue weighted by molar-refractivity contribution is 0.103. The third-order valence-electron chi connectivity index (χ3n) is 5.91. The van der Waals surface area contributed by atoms with Crippen LogP contribution in [0, 0.1) is 0 Å². The van der Waals surface area contributed by atoms with Crippen LogP contribution in [0.3, 0.4) is 0 Å². The van der Waals surface area contributed by atoms with Gasteiger partial charge in [0.15, 0.2) is 0 Å². The molecule has 5 heteroatoms. The molecule has 1 fully saturated rings. The molecule has 0 aliphatic carbocycles. The lowest BCUT2D eigenvalue weighted by Gasteiger charge is -2.33. The van der Waals surface area contributed by atoms with Gasteiger partial charge in [-0.3, -0.25) is 4.90 Å². The molecule has 1 aliphatic heterocycles. The zero-order chi connectivity index (χ0) is 21.2. The van der Waals surface area contributed by atoms with Crippen molar-refractivity contribution in [3.8, 4) is 11.5 Å². The van der Waals surface area contributed by atoms with Gasteiger partial charge in [0, 0.05) is 38.1 Å². The third-order valence-corrected chi connectivity index (χ3v) is 5.91. The van der Waals surface area contributed by atoms with Crippen molar-refractivity contribution in [2.24, 2.45) is 0 Å². The minimum Gasteiger partial charge on any atom is -0.465 e. The van der Waals surface area contributed by atoms with E-state index in [9.17, 15) is 4.79 Å². The lowest BCUT2D eigenvalue weighted by atomic mass is 10.0. The number of piperazine rings is 1. The summed E-state index contributed by atoms with van der Waals surface area (Å²) in [6.07, 6.45) is -0.836. The van der Waals surface area contributed by atoms with Crippen LogP contribution in [0.1, 0.15) is 5.56 Å². The Bertz CT molecular complexity index is 1250. The Morgan fingerprint density at radius 2 is 1.52 bits per heavy atom. The maximum absolute atomic E-state index is 11.1. The fourth-order valence-corrected chi connectivity index (χ4v) is 4.29. The molecule has 1 saturated heterocycles. The molecule has 5 nitrogen and oxygen atoms in total. The summed E-state index contributed by atoms with van der Waals surface area (Å²) in [6, 6.07) is 27.0. The Balaban J connectivity index is 1.39. The highest BCUT2D eigenvalue weighted by atomic mass is 16.5. The average molecular weight is 412 g/mol. The van der Waals surface area contributed by atoms with Crippen LogP contribution < -0.4 is 4.74 Å². The summed E-state index contributed by atoms with van der Waals surface area (Å²) < 4.78 is 6.37. The molecule has 1 heterocycles. The fraction of sp³-hybridized carbons (Fsp3) is 0.192. The number of ether oxygens (including phenoxy) is 1. The molecule has 1 amide bonds. The van der Waals surface area contributed by atoms with Crippen molar-refractivity contribution in [2.75, 3.05) is 26.2 Å². The number of fused-ring (bicyclic) bond motifs is 3.